The number of hydrogen-bond donors (Lipinski definition) is 2. The summed E-state index contributed by atoms with van der Waals surface area (Å²) in [5.74, 6) is -0.790. The number of rotatable bonds is 11. The first-order chi connectivity index (χ1) is 15.1. The van der Waals surface area contributed by atoms with E-state index in [1.165, 1.54) is 18.2 Å². The van der Waals surface area contributed by atoms with E-state index in [-0.39, 0.29) is 30.4 Å². The molecule has 0 bridgehead atoms. The minimum atomic E-state index is -3.83. The van der Waals surface area contributed by atoms with Crippen LogP contribution in [-0.2, 0) is 32.7 Å². The van der Waals surface area contributed by atoms with Crippen molar-refractivity contribution in [2.45, 2.75) is 41.5 Å². The predicted molar refractivity (Wildman–Crippen MR) is 121 cm³/mol. The summed E-state index contributed by atoms with van der Waals surface area (Å²) >= 11 is 0. The number of anilines is 2. The molecule has 12 nitrogen and oxygen atoms in total. The van der Waals surface area contributed by atoms with E-state index in [0.717, 1.165) is 0 Å². The average Bonchev–Trinajstić information content (AvgIpc) is 2.65. The van der Waals surface area contributed by atoms with Gasteiger partial charge in [0.1, 0.15) is 12.4 Å². The zero-order valence-corrected chi connectivity index (χ0v) is 20.7. The van der Waals surface area contributed by atoms with Crippen molar-refractivity contribution >= 4 is 31.3 Å². The van der Waals surface area contributed by atoms with Gasteiger partial charge in [-0.25, -0.2) is 0 Å². The van der Waals surface area contributed by atoms with Crippen LogP contribution in [0.4, 0.5) is 11.8 Å². The number of nitrogens with zero attached hydrogens (tertiary/aromatic N) is 2. The van der Waals surface area contributed by atoms with Crippen LogP contribution in [0.2, 0.25) is 0 Å². The molecule has 13 heteroatoms. The number of aromatic nitrogens is 2. The summed E-state index contributed by atoms with van der Waals surface area (Å²) < 4.78 is 38.8. The van der Waals surface area contributed by atoms with Gasteiger partial charge in [0, 0.05) is 6.07 Å². The highest BCUT2D eigenvalue weighted by molar-refractivity contribution is 7.54. The van der Waals surface area contributed by atoms with Crippen LogP contribution in [0, 0.1) is 10.8 Å². The molecule has 186 valence electrons. The van der Waals surface area contributed by atoms with Crippen molar-refractivity contribution in [3.05, 3.63) is 18.2 Å². The van der Waals surface area contributed by atoms with E-state index >= 15 is 0 Å². The van der Waals surface area contributed by atoms with Crippen LogP contribution >= 0.6 is 7.60 Å². The van der Waals surface area contributed by atoms with Gasteiger partial charge in [0.15, 0.2) is 0 Å². The minimum Gasteiger partial charge on any atom is -0.473 e. The Kier molecular flexibility index (Phi) is 10.3. The smallest absolute Gasteiger partial charge is 0.340 e. The van der Waals surface area contributed by atoms with Crippen molar-refractivity contribution in [2.24, 2.45) is 10.8 Å². The maximum Gasteiger partial charge on any atom is 0.340 e. The maximum atomic E-state index is 13.0. The monoisotopic (exact) mass is 488 g/mol. The first-order valence-electron chi connectivity index (χ1n) is 10.0. The lowest BCUT2D eigenvalue weighted by molar-refractivity contribution is -0.161. The molecular weight excluding hydrogens is 455 g/mol. The summed E-state index contributed by atoms with van der Waals surface area (Å²) in [6, 6.07) is 1.40. The molecule has 1 aromatic heterocycles. The second-order valence-corrected chi connectivity index (χ2v) is 11.0. The van der Waals surface area contributed by atoms with Crippen LogP contribution in [0.25, 0.3) is 0 Å². The van der Waals surface area contributed by atoms with Gasteiger partial charge in [-0.15, -0.1) is 0 Å². The van der Waals surface area contributed by atoms with Crippen molar-refractivity contribution in [1.82, 2.24) is 9.97 Å². The maximum absolute atomic E-state index is 13.0. The van der Waals surface area contributed by atoms with Crippen LogP contribution in [0.1, 0.15) is 41.5 Å². The first-order valence-corrected chi connectivity index (χ1v) is 11.8. The fraction of sp³-hybridized carbons (Fsp3) is 0.600. The van der Waals surface area contributed by atoms with Crippen molar-refractivity contribution in [3.8, 4) is 5.88 Å². The summed E-state index contributed by atoms with van der Waals surface area (Å²) in [7, 11) is -3.83. The van der Waals surface area contributed by atoms with Gasteiger partial charge in [-0.1, -0.05) is 12.2 Å². The molecule has 0 radical (unpaired) electrons. The van der Waals surface area contributed by atoms with Crippen LogP contribution in [0.15, 0.2) is 18.2 Å². The molecule has 33 heavy (non-hydrogen) atoms. The molecule has 4 N–H and O–H groups in total. The number of allylic oxidation sites excluding steroid dienone is 1. The second kappa shape index (κ2) is 12.0. The topological polar surface area (TPSA) is 175 Å². The van der Waals surface area contributed by atoms with E-state index < -0.39 is 44.0 Å². The van der Waals surface area contributed by atoms with Crippen LogP contribution in [-0.4, -0.2) is 48.3 Å². The lowest BCUT2D eigenvalue weighted by Gasteiger charge is -2.21. The standard InChI is InChI=1S/C20H33N4O8P/c1-19(2,3)16(25)29-12-31-33(27,32-13-30-17(26)20(4,5)6)10-8-7-9-28-15-11-14(21)23-18(22)24-15/h7-8,11H,9-10,12-13H2,1-6H3,(H4,21,22,23,24)/b8-7+. The number of hydrogen-bond acceptors (Lipinski definition) is 12. The largest absolute Gasteiger partial charge is 0.473 e. The summed E-state index contributed by atoms with van der Waals surface area (Å²) in [5, 5.41) is 0. The van der Waals surface area contributed by atoms with Gasteiger partial charge in [-0.05, 0) is 41.5 Å². The van der Waals surface area contributed by atoms with E-state index in [1.54, 1.807) is 41.5 Å². The molecule has 0 unspecified atom stereocenters. The Morgan fingerprint density at radius 1 is 0.939 bits per heavy atom. The molecule has 0 amide bonds. The summed E-state index contributed by atoms with van der Waals surface area (Å²) in [6.45, 7) is 8.86. The van der Waals surface area contributed by atoms with Crippen LogP contribution in [0.3, 0.4) is 0 Å². The van der Waals surface area contributed by atoms with E-state index in [9.17, 15) is 14.2 Å². The summed E-state index contributed by atoms with van der Waals surface area (Å²) in [4.78, 5) is 31.4. The molecule has 0 aliphatic heterocycles. The Balaban J connectivity index is 2.68. The lowest BCUT2D eigenvalue weighted by atomic mass is 9.98. The molecule has 0 aliphatic carbocycles. The van der Waals surface area contributed by atoms with Gasteiger partial charge in [0.2, 0.25) is 25.4 Å². The van der Waals surface area contributed by atoms with Crippen LogP contribution < -0.4 is 16.2 Å². The molecule has 1 rings (SSSR count). The Morgan fingerprint density at radius 2 is 1.45 bits per heavy atom. The quantitative estimate of drug-likeness (QED) is 0.202. The number of esters is 2. The van der Waals surface area contributed by atoms with Crippen molar-refractivity contribution in [1.29, 1.82) is 0 Å². The fourth-order valence-electron chi connectivity index (χ4n) is 1.84. The Hall–Kier alpha value is -2.69. The number of carbonyl (C=O) groups is 2. The van der Waals surface area contributed by atoms with Crippen LogP contribution in [0.5, 0.6) is 5.88 Å². The number of ether oxygens (including phenoxy) is 3. The van der Waals surface area contributed by atoms with Gasteiger partial charge in [0.05, 0.1) is 17.0 Å². The highest BCUT2D eigenvalue weighted by Crippen LogP contribution is 2.48. The molecule has 0 saturated carbocycles. The third-order valence-corrected chi connectivity index (χ3v) is 5.32. The minimum absolute atomic E-state index is 0.0325. The third kappa shape index (κ3) is 11.1. The molecule has 0 spiro atoms. The summed E-state index contributed by atoms with van der Waals surface area (Å²) in [5.41, 5.74) is 9.53. The molecule has 1 aromatic rings. The predicted octanol–water partition coefficient (Wildman–Crippen LogP) is 2.90. The van der Waals surface area contributed by atoms with Gasteiger partial charge in [-0.2, -0.15) is 9.97 Å². The summed E-state index contributed by atoms with van der Waals surface area (Å²) in [6.07, 6.45) is 2.81. The second-order valence-electron chi connectivity index (χ2n) is 8.92. The molecule has 0 aromatic carbocycles. The number of nitrogens with two attached hydrogens (primary N) is 2. The SMILES string of the molecule is CC(C)(C)C(=O)OCOP(=O)(C/C=C/COc1cc(N)nc(N)n1)OCOC(=O)C(C)(C)C. The lowest BCUT2D eigenvalue weighted by Crippen LogP contribution is -2.25. The van der Waals surface area contributed by atoms with Gasteiger partial charge >= 0.3 is 19.5 Å². The third-order valence-electron chi connectivity index (χ3n) is 3.67. The van der Waals surface area contributed by atoms with E-state index in [2.05, 4.69) is 9.97 Å². The molecule has 0 saturated heterocycles. The first kappa shape index (κ1) is 28.3. The molecule has 0 fully saturated rings. The zero-order chi connectivity index (χ0) is 25.3. The fourth-order valence-corrected chi connectivity index (χ4v) is 2.96. The van der Waals surface area contributed by atoms with E-state index in [0.29, 0.717) is 0 Å². The van der Waals surface area contributed by atoms with Crippen molar-refractivity contribution in [2.75, 3.05) is 37.8 Å². The van der Waals surface area contributed by atoms with Crippen molar-refractivity contribution in [3.63, 3.8) is 0 Å². The Bertz CT molecular complexity index is 837. The average molecular weight is 488 g/mol. The Labute approximate surface area is 193 Å². The highest BCUT2D eigenvalue weighted by Gasteiger charge is 2.29. The normalized spacial score (nSPS) is 12.5. The molecular formula is C20H33N4O8P. The zero-order valence-electron chi connectivity index (χ0n) is 19.8. The van der Waals surface area contributed by atoms with Gasteiger partial charge in [-0.3, -0.25) is 23.2 Å². The van der Waals surface area contributed by atoms with E-state index in [1.807, 2.05) is 0 Å². The Morgan fingerprint density at radius 3 is 1.91 bits per heavy atom. The van der Waals surface area contributed by atoms with Gasteiger partial charge in [0.25, 0.3) is 0 Å². The molecule has 1 heterocycles. The molecule has 0 aliphatic rings. The molecule has 0 atom stereocenters. The number of carbonyl (C=O) groups excluding carboxylic acids is 2. The van der Waals surface area contributed by atoms with Gasteiger partial charge < -0.3 is 25.7 Å². The highest BCUT2D eigenvalue weighted by atomic mass is 31.2. The number of nitrogen functional groups attached to an aromatic ring is 2. The van der Waals surface area contributed by atoms with E-state index in [4.69, 9.17) is 34.7 Å². The van der Waals surface area contributed by atoms with Crippen molar-refractivity contribution < 1.29 is 37.4 Å².